The highest BCUT2D eigenvalue weighted by molar-refractivity contribution is 5.94. The van der Waals surface area contributed by atoms with Crippen LogP contribution < -0.4 is 27.4 Å². The molecule has 1 aromatic heterocycles. The lowest BCUT2D eigenvalue weighted by Gasteiger charge is -2.27. The average Bonchev–Trinajstić information content (AvgIpc) is 3.28. The third kappa shape index (κ3) is 9.58. The molecule has 0 aliphatic rings. The van der Waals surface area contributed by atoms with Gasteiger partial charge in [0.2, 0.25) is 17.7 Å². The predicted octanol–water partition coefficient (Wildman–Crippen LogP) is -0.986. The molecule has 12 nitrogen and oxygen atoms in total. The Labute approximate surface area is 193 Å². The summed E-state index contributed by atoms with van der Waals surface area (Å²) in [6.45, 7) is 5.44. The van der Waals surface area contributed by atoms with E-state index >= 15 is 0 Å². The number of amides is 3. The molecule has 1 rings (SSSR count). The molecule has 5 atom stereocenters. The van der Waals surface area contributed by atoms with Gasteiger partial charge < -0.3 is 37.5 Å². The van der Waals surface area contributed by atoms with Gasteiger partial charge in [-0.3, -0.25) is 19.2 Å². The molecule has 0 bridgehead atoms. The lowest BCUT2D eigenvalue weighted by atomic mass is 9.96. The molecule has 0 aliphatic carbocycles. The summed E-state index contributed by atoms with van der Waals surface area (Å²) in [6.07, 6.45) is 5.34. The number of carboxylic acid groups (broad SMARTS) is 1. The number of nitrogens with zero attached hydrogens (tertiary/aromatic N) is 1. The summed E-state index contributed by atoms with van der Waals surface area (Å²) in [7, 11) is 0. The Morgan fingerprint density at radius 2 is 1.79 bits per heavy atom. The fraction of sp³-hybridized carbons (Fsp3) is 0.667. The highest BCUT2D eigenvalue weighted by atomic mass is 16.4. The second-order valence-corrected chi connectivity index (χ2v) is 8.17. The summed E-state index contributed by atoms with van der Waals surface area (Å²) in [6, 6.07) is -3.90. The molecule has 0 spiro atoms. The number of carbonyl (C=O) groups is 4. The van der Waals surface area contributed by atoms with Crippen LogP contribution in [0.3, 0.4) is 0 Å². The largest absolute Gasteiger partial charge is 0.480 e. The van der Waals surface area contributed by atoms with Crippen LogP contribution in [-0.4, -0.2) is 69.5 Å². The zero-order valence-corrected chi connectivity index (χ0v) is 19.5. The van der Waals surface area contributed by atoms with E-state index in [1.807, 2.05) is 6.92 Å². The molecule has 12 heteroatoms. The molecule has 0 saturated carbocycles. The van der Waals surface area contributed by atoms with Crippen molar-refractivity contribution in [3.8, 4) is 0 Å². The van der Waals surface area contributed by atoms with Gasteiger partial charge in [-0.05, 0) is 38.6 Å². The van der Waals surface area contributed by atoms with Gasteiger partial charge in [0.1, 0.15) is 18.1 Å². The number of nitrogens with two attached hydrogens (primary N) is 2. The zero-order chi connectivity index (χ0) is 25.0. The van der Waals surface area contributed by atoms with Crippen LogP contribution >= 0.6 is 0 Å². The number of carbonyl (C=O) groups excluding carboxylic acids is 3. The molecule has 0 saturated heterocycles. The first kappa shape index (κ1) is 28.0. The van der Waals surface area contributed by atoms with Crippen molar-refractivity contribution in [1.82, 2.24) is 25.9 Å². The Hall–Kier alpha value is -2.99. The Bertz CT molecular complexity index is 771. The van der Waals surface area contributed by atoms with Gasteiger partial charge in [-0.2, -0.15) is 0 Å². The van der Waals surface area contributed by atoms with E-state index < -0.39 is 47.9 Å². The van der Waals surface area contributed by atoms with Crippen molar-refractivity contribution in [2.24, 2.45) is 17.4 Å². The smallest absolute Gasteiger partial charge is 0.325 e. The number of aliphatic carboxylic acids is 1. The Morgan fingerprint density at radius 3 is 2.33 bits per heavy atom. The molecular weight excluding hydrogens is 430 g/mol. The number of unbranched alkanes of at least 4 members (excludes halogenated alkanes) is 1. The molecule has 1 heterocycles. The number of rotatable bonds is 15. The molecule has 5 unspecified atom stereocenters. The fourth-order valence-electron chi connectivity index (χ4n) is 3.09. The average molecular weight is 468 g/mol. The maximum atomic E-state index is 13.1. The third-order valence-electron chi connectivity index (χ3n) is 5.43. The van der Waals surface area contributed by atoms with Gasteiger partial charge in [0.05, 0.1) is 12.4 Å². The molecule has 0 radical (unpaired) electrons. The van der Waals surface area contributed by atoms with Crippen LogP contribution in [0.25, 0.3) is 0 Å². The van der Waals surface area contributed by atoms with Crippen LogP contribution in [0.1, 0.15) is 52.1 Å². The van der Waals surface area contributed by atoms with Crippen molar-refractivity contribution >= 4 is 23.7 Å². The highest BCUT2D eigenvalue weighted by Crippen LogP contribution is 2.11. The SMILES string of the molecule is CCC(C)C(NC(=O)C(N)Cc1cnc[nH]1)C(=O)NC(CCCCN)C(=O)NC(C)C(=O)O. The standard InChI is InChI=1S/C21H37N7O5/c1-4-12(2)17(28-18(29)15(23)9-14-10-24-11-25-14)20(31)27-16(7-5-6-8-22)19(30)26-13(3)21(32)33/h10-13,15-17H,4-9,22-23H2,1-3H3,(H,24,25)(H,26,30)(H,27,31)(H,28,29)(H,32,33). The maximum absolute atomic E-state index is 13.1. The van der Waals surface area contributed by atoms with Gasteiger partial charge in [-0.15, -0.1) is 0 Å². The second kappa shape index (κ2) is 14.2. The predicted molar refractivity (Wildman–Crippen MR) is 122 cm³/mol. The number of carboxylic acids is 1. The lowest BCUT2D eigenvalue weighted by Crippen LogP contribution is -2.58. The second-order valence-electron chi connectivity index (χ2n) is 8.17. The fourth-order valence-corrected chi connectivity index (χ4v) is 3.09. The number of H-pyrrole nitrogens is 1. The molecule has 0 aromatic carbocycles. The van der Waals surface area contributed by atoms with Crippen molar-refractivity contribution in [1.29, 1.82) is 0 Å². The number of imidazole rings is 1. The molecule has 1 aromatic rings. The minimum atomic E-state index is -1.19. The summed E-state index contributed by atoms with van der Waals surface area (Å²) in [4.78, 5) is 56.2. The van der Waals surface area contributed by atoms with Gasteiger partial charge in [-0.1, -0.05) is 20.3 Å². The molecule has 186 valence electrons. The Kier molecular flexibility index (Phi) is 12.1. The van der Waals surface area contributed by atoms with Crippen molar-refractivity contribution < 1.29 is 24.3 Å². The van der Waals surface area contributed by atoms with Crippen LogP contribution in [0.4, 0.5) is 0 Å². The lowest BCUT2D eigenvalue weighted by molar-refractivity contribution is -0.142. The monoisotopic (exact) mass is 467 g/mol. The van der Waals surface area contributed by atoms with E-state index in [4.69, 9.17) is 16.6 Å². The highest BCUT2D eigenvalue weighted by Gasteiger charge is 2.31. The Balaban J connectivity index is 2.90. The van der Waals surface area contributed by atoms with E-state index in [2.05, 4.69) is 25.9 Å². The number of hydrogen-bond acceptors (Lipinski definition) is 7. The summed E-state index contributed by atoms with van der Waals surface area (Å²) in [5.41, 5.74) is 12.2. The molecule has 9 N–H and O–H groups in total. The van der Waals surface area contributed by atoms with Crippen LogP contribution in [-0.2, 0) is 25.6 Å². The number of aromatic nitrogens is 2. The van der Waals surface area contributed by atoms with Crippen LogP contribution in [0.5, 0.6) is 0 Å². The first-order valence-corrected chi connectivity index (χ1v) is 11.2. The Morgan fingerprint density at radius 1 is 1.09 bits per heavy atom. The van der Waals surface area contributed by atoms with Gasteiger partial charge in [-0.25, -0.2) is 4.98 Å². The summed E-state index contributed by atoms with van der Waals surface area (Å²) < 4.78 is 0. The van der Waals surface area contributed by atoms with Crippen LogP contribution in [0.15, 0.2) is 12.5 Å². The van der Waals surface area contributed by atoms with E-state index in [9.17, 15) is 19.2 Å². The molecular formula is C21H37N7O5. The van der Waals surface area contributed by atoms with Crippen molar-refractivity contribution in [2.45, 2.75) is 77.0 Å². The van der Waals surface area contributed by atoms with E-state index in [-0.39, 0.29) is 18.8 Å². The quantitative estimate of drug-likeness (QED) is 0.159. The summed E-state index contributed by atoms with van der Waals surface area (Å²) >= 11 is 0. The third-order valence-corrected chi connectivity index (χ3v) is 5.43. The van der Waals surface area contributed by atoms with E-state index in [0.717, 1.165) is 0 Å². The number of hydrogen-bond donors (Lipinski definition) is 7. The van der Waals surface area contributed by atoms with Gasteiger partial charge in [0, 0.05) is 18.3 Å². The summed E-state index contributed by atoms with van der Waals surface area (Å²) in [5, 5.41) is 16.8. The zero-order valence-electron chi connectivity index (χ0n) is 19.5. The van der Waals surface area contributed by atoms with E-state index in [1.165, 1.54) is 13.3 Å². The topological polar surface area (TPSA) is 205 Å². The number of aromatic amines is 1. The van der Waals surface area contributed by atoms with Crippen molar-refractivity contribution in [2.75, 3.05) is 6.54 Å². The minimum absolute atomic E-state index is 0.220. The van der Waals surface area contributed by atoms with Crippen molar-refractivity contribution in [3.63, 3.8) is 0 Å². The van der Waals surface area contributed by atoms with Gasteiger partial charge >= 0.3 is 5.97 Å². The molecule has 0 aliphatic heterocycles. The molecule has 33 heavy (non-hydrogen) atoms. The molecule has 0 fully saturated rings. The normalized spacial score (nSPS) is 15.5. The number of nitrogens with one attached hydrogen (secondary N) is 4. The van der Waals surface area contributed by atoms with Crippen LogP contribution in [0, 0.1) is 5.92 Å². The molecule has 3 amide bonds. The first-order valence-electron chi connectivity index (χ1n) is 11.2. The van der Waals surface area contributed by atoms with E-state index in [1.54, 1.807) is 13.1 Å². The van der Waals surface area contributed by atoms with Crippen LogP contribution in [0.2, 0.25) is 0 Å². The van der Waals surface area contributed by atoms with E-state index in [0.29, 0.717) is 31.5 Å². The first-order chi connectivity index (χ1) is 15.6. The van der Waals surface area contributed by atoms with Gasteiger partial charge in [0.25, 0.3) is 0 Å². The summed E-state index contributed by atoms with van der Waals surface area (Å²) in [5.74, 6) is -3.08. The van der Waals surface area contributed by atoms with Crippen molar-refractivity contribution in [3.05, 3.63) is 18.2 Å². The maximum Gasteiger partial charge on any atom is 0.325 e. The van der Waals surface area contributed by atoms with Gasteiger partial charge in [0.15, 0.2) is 0 Å². The minimum Gasteiger partial charge on any atom is -0.480 e.